The van der Waals surface area contributed by atoms with E-state index in [-0.39, 0.29) is 0 Å². The highest BCUT2D eigenvalue weighted by molar-refractivity contribution is 6.43. The van der Waals surface area contributed by atoms with Crippen molar-refractivity contribution in [3.8, 4) is 0 Å². The van der Waals surface area contributed by atoms with E-state index in [0.29, 0.717) is 17.1 Å². The number of amides is 1. The van der Waals surface area contributed by atoms with Gasteiger partial charge in [0.2, 0.25) is 5.78 Å². The van der Waals surface area contributed by atoms with Gasteiger partial charge in [-0.1, -0.05) is 11.6 Å². The van der Waals surface area contributed by atoms with Crippen LogP contribution in [0, 0.1) is 0 Å². The quantitative estimate of drug-likeness (QED) is 0.484. The fourth-order valence-electron chi connectivity index (χ4n) is 1.41. The van der Waals surface area contributed by atoms with E-state index in [4.69, 9.17) is 11.6 Å². The maximum absolute atomic E-state index is 11.7. The molecule has 1 N–H and O–H groups in total. The van der Waals surface area contributed by atoms with Crippen molar-refractivity contribution in [3.05, 3.63) is 34.9 Å². The summed E-state index contributed by atoms with van der Waals surface area (Å²) in [7, 11) is 3.92. The summed E-state index contributed by atoms with van der Waals surface area (Å²) < 4.78 is 0. The second kappa shape index (κ2) is 7.13. The van der Waals surface area contributed by atoms with Crippen LogP contribution in [0.4, 0.5) is 0 Å². The van der Waals surface area contributed by atoms with E-state index in [1.807, 2.05) is 19.0 Å². The molecule has 0 aliphatic heterocycles. The van der Waals surface area contributed by atoms with Gasteiger partial charge in [-0.15, -0.1) is 0 Å². The van der Waals surface area contributed by atoms with Gasteiger partial charge in [0.25, 0.3) is 5.91 Å². The number of carbonyl (C=O) groups excluding carboxylic acids is 2. The predicted molar refractivity (Wildman–Crippen MR) is 72.0 cm³/mol. The molecule has 0 aliphatic rings. The molecule has 4 nitrogen and oxygen atoms in total. The fourth-order valence-corrected chi connectivity index (χ4v) is 1.54. The second-order valence-corrected chi connectivity index (χ2v) is 4.69. The van der Waals surface area contributed by atoms with Crippen LogP contribution in [0.5, 0.6) is 0 Å². The third-order valence-electron chi connectivity index (χ3n) is 2.38. The summed E-state index contributed by atoms with van der Waals surface area (Å²) >= 11 is 5.71. The summed E-state index contributed by atoms with van der Waals surface area (Å²) in [5, 5.41) is 3.14. The van der Waals surface area contributed by atoms with Crippen LogP contribution < -0.4 is 5.32 Å². The van der Waals surface area contributed by atoms with Crippen LogP contribution in [-0.4, -0.2) is 43.8 Å². The number of nitrogens with one attached hydrogen (secondary N) is 1. The summed E-state index contributed by atoms with van der Waals surface area (Å²) in [4.78, 5) is 25.3. The van der Waals surface area contributed by atoms with Crippen LogP contribution in [0.15, 0.2) is 24.3 Å². The van der Waals surface area contributed by atoms with Crippen molar-refractivity contribution in [2.24, 2.45) is 0 Å². The Morgan fingerprint density at radius 3 is 2.39 bits per heavy atom. The first-order valence-electron chi connectivity index (χ1n) is 5.73. The van der Waals surface area contributed by atoms with E-state index < -0.39 is 11.7 Å². The molecule has 0 aromatic heterocycles. The summed E-state index contributed by atoms with van der Waals surface area (Å²) in [6.45, 7) is 1.37. The van der Waals surface area contributed by atoms with E-state index in [1.165, 1.54) is 0 Å². The van der Waals surface area contributed by atoms with Crippen molar-refractivity contribution in [1.82, 2.24) is 10.2 Å². The SMILES string of the molecule is CN(C)CCCNC(=O)C(=O)c1ccc(Cl)cc1. The lowest BCUT2D eigenvalue weighted by atomic mass is 10.1. The number of rotatable bonds is 6. The number of hydrogen-bond donors (Lipinski definition) is 1. The lowest BCUT2D eigenvalue weighted by Crippen LogP contribution is -2.33. The molecule has 1 amide bonds. The average molecular weight is 269 g/mol. The number of ketones is 1. The van der Waals surface area contributed by atoms with Gasteiger partial charge in [-0.3, -0.25) is 9.59 Å². The van der Waals surface area contributed by atoms with Crippen LogP contribution in [0.3, 0.4) is 0 Å². The molecule has 0 atom stereocenters. The van der Waals surface area contributed by atoms with Gasteiger partial charge in [-0.05, 0) is 51.3 Å². The Bertz CT molecular complexity index is 416. The van der Waals surface area contributed by atoms with E-state index in [0.717, 1.165) is 13.0 Å². The Labute approximate surface area is 112 Å². The zero-order valence-electron chi connectivity index (χ0n) is 10.6. The Kier molecular flexibility index (Phi) is 5.82. The third-order valence-corrected chi connectivity index (χ3v) is 2.63. The number of benzene rings is 1. The minimum absolute atomic E-state index is 0.351. The number of carbonyl (C=O) groups is 2. The first kappa shape index (κ1) is 14.7. The molecule has 0 bridgehead atoms. The van der Waals surface area contributed by atoms with Crippen LogP contribution in [0.25, 0.3) is 0 Å². The predicted octanol–water partition coefficient (Wildman–Crippen LogP) is 1.59. The highest BCUT2D eigenvalue weighted by Crippen LogP contribution is 2.09. The van der Waals surface area contributed by atoms with E-state index in [9.17, 15) is 9.59 Å². The van der Waals surface area contributed by atoms with Crippen LogP contribution in [-0.2, 0) is 4.79 Å². The molecule has 0 saturated heterocycles. The average Bonchev–Trinajstić information content (AvgIpc) is 2.34. The van der Waals surface area contributed by atoms with Crippen molar-refractivity contribution in [1.29, 1.82) is 0 Å². The van der Waals surface area contributed by atoms with Crippen molar-refractivity contribution in [2.75, 3.05) is 27.2 Å². The molecule has 5 heteroatoms. The molecule has 1 rings (SSSR count). The Balaban J connectivity index is 2.42. The molecule has 1 aromatic rings. The summed E-state index contributed by atoms with van der Waals surface area (Å²) in [5.74, 6) is -1.10. The standard InChI is InChI=1S/C13H17ClN2O2/c1-16(2)9-3-8-15-13(18)12(17)10-4-6-11(14)7-5-10/h4-7H,3,8-9H2,1-2H3,(H,15,18). The molecular formula is C13H17ClN2O2. The first-order chi connectivity index (χ1) is 8.50. The van der Waals surface area contributed by atoms with Crippen molar-refractivity contribution < 1.29 is 9.59 Å². The molecule has 0 radical (unpaired) electrons. The molecule has 18 heavy (non-hydrogen) atoms. The van der Waals surface area contributed by atoms with E-state index >= 15 is 0 Å². The lowest BCUT2D eigenvalue weighted by molar-refractivity contribution is -0.117. The van der Waals surface area contributed by atoms with Gasteiger partial charge in [-0.2, -0.15) is 0 Å². The second-order valence-electron chi connectivity index (χ2n) is 4.25. The highest BCUT2D eigenvalue weighted by Gasteiger charge is 2.15. The molecule has 0 unspecified atom stereocenters. The molecule has 0 saturated carbocycles. The zero-order valence-corrected chi connectivity index (χ0v) is 11.3. The van der Waals surface area contributed by atoms with Gasteiger partial charge in [0.05, 0.1) is 0 Å². The largest absolute Gasteiger partial charge is 0.349 e. The summed E-state index contributed by atoms with van der Waals surface area (Å²) in [5.41, 5.74) is 0.351. The van der Waals surface area contributed by atoms with Gasteiger partial charge >= 0.3 is 0 Å². The minimum Gasteiger partial charge on any atom is -0.349 e. The molecule has 0 aliphatic carbocycles. The van der Waals surface area contributed by atoms with Gasteiger partial charge in [0, 0.05) is 17.1 Å². The molecule has 1 aromatic carbocycles. The smallest absolute Gasteiger partial charge is 0.292 e. The topological polar surface area (TPSA) is 49.4 Å². The zero-order chi connectivity index (χ0) is 13.5. The number of hydrogen-bond acceptors (Lipinski definition) is 3. The third kappa shape index (κ3) is 4.85. The normalized spacial score (nSPS) is 10.4. The fraction of sp³-hybridized carbons (Fsp3) is 0.385. The van der Waals surface area contributed by atoms with Gasteiger partial charge < -0.3 is 10.2 Å². The molecule has 0 spiro atoms. The van der Waals surface area contributed by atoms with Crippen molar-refractivity contribution in [2.45, 2.75) is 6.42 Å². The molecular weight excluding hydrogens is 252 g/mol. The Hall–Kier alpha value is -1.39. The van der Waals surface area contributed by atoms with Gasteiger partial charge in [-0.25, -0.2) is 0 Å². The number of nitrogens with zero attached hydrogens (tertiary/aromatic N) is 1. The number of halogens is 1. The molecule has 0 heterocycles. The van der Waals surface area contributed by atoms with Gasteiger partial charge in [0.15, 0.2) is 0 Å². The monoisotopic (exact) mass is 268 g/mol. The lowest BCUT2D eigenvalue weighted by Gasteiger charge is -2.09. The molecule has 0 fully saturated rings. The van der Waals surface area contributed by atoms with E-state index in [1.54, 1.807) is 24.3 Å². The van der Waals surface area contributed by atoms with Crippen LogP contribution >= 0.6 is 11.6 Å². The highest BCUT2D eigenvalue weighted by atomic mass is 35.5. The van der Waals surface area contributed by atoms with Crippen LogP contribution in [0.1, 0.15) is 16.8 Å². The maximum atomic E-state index is 11.7. The van der Waals surface area contributed by atoms with Crippen molar-refractivity contribution >= 4 is 23.3 Å². The maximum Gasteiger partial charge on any atom is 0.292 e. The van der Waals surface area contributed by atoms with E-state index in [2.05, 4.69) is 5.32 Å². The van der Waals surface area contributed by atoms with Crippen molar-refractivity contribution in [3.63, 3.8) is 0 Å². The van der Waals surface area contributed by atoms with Crippen LogP contribution in [0.2, 0.25) is 5.02 Å². The Morgan fingerprint density at radius 1 is 1.22 bits per heavy atom. The molecule has 98 valence electrons. The number of Topliss-reactive ketones (excluding diaryl/α,β-unsaturated/α-hetero) is 1. The minimum atomic E-state index is -0.573. The summed E-state index contributed by atoms with van der Waals surface area (Å²) in [6, 6.07) is 6.27. The summed E-state index contributed by atoms with van der Waals surface area (Å²) in [6.07, 6.45) is 0.812. The Morgan fingerprint density at radius 2 is 1.83 bits per heavy atom. The van der Waals surface area contributed by atoms with Gasteiger partial charge in [0.1, 0.15) is 0 Å². The first-order valence-corrected chi connectivity index (χ1v) is 6.11.